The van der Waals surface area contributed by atoms with Gasteiger partial charge in [-0.05, 0) is 12.0 Å². The maximum Gasteiger partial charge on any atom is 0.173 e. The van der Waals surface area contributed by atoms with Gasteiger partial charge >= 0.3 is 0 Å². The summed E-state index contributed by atoms with van der Waals surface area (Å²) >= 11 is 0. The van der Waals surface area contributed by atoms with Crippen molar-refractivity contribution in [3.63, 3.8) is 0 Å². The quantitative estimate of drug-likeness (QED) is 0.274. The Labute approximate surface area is 199 Å². The number of hydrogen-bond acceptors (Lipinski definition) is 4. The number of hydrogen-bond donors (Lipinski definition) is 2. The SMILES string of the molecule is O=C(c1ccccc1)C(C[C@@H](O)[C@H](O)c1ccccc1)P(=O)(c1ccccc1)c1ccccc1. The maximum atomic E-state index is 15.0. The van der Waals surface area contributed by atoms with Gasteiger partial charge in [-0.3, -0.25) is 4.79 Å². The van der Waals surface area contributed by atoms with Crippen molar-refractivity contribution in [2.45, 2.75) is 24.3 Å². The van der Waals surface area contributed by atoms with Crippen LogP contribution in [0.4, 0.5) is 0 Å². The van der Waals surface area contributed by atoms with Gasteiger partial charge in [-0.25, -0.2) is 0 Å². The Morgan fingerprint density at radius 1 is 0.647 bits per heavy atom. The van der Waals surface area contributed by atoms with Crippen LogP contribution in [-0.4, -0.2) is 27.8 Å². The summed E-state index contributed by atoms with van der Waals surface area (Å²) in [6.07, 6.45) is -2.67. The largest absolute Gasteiger partial charge is 0.390 e. The molecule has 0 spiro atoms. The van der Waals surface area contributed by atoms with E-state index in [1.165, 1.54) is 0 Å². The molecule has 0 heterocycles. The number of Topliss-reactive ketones (excluding diaryl/α,β-unsaturated/α-hetero) is 1. The molecule has 3 atom stereocenters. The van der Waals surface area contributed by atoms with Gasteiger partial charge < -0.3 is 14.8 Å². The molecule has 4 nitrogen and oxygen atoms in total. The van der Waals surface area contributed by atoms with E-state index in [2.05, 4.69) is 0 Å². The number of aliphatic hydroxyl groups excluding tert-OH is 2. The molecule has 0 saturated heterocycles. The van der Waals surface area contributed by atoms with E-state index in [0.717, 1.165) is 0 Å². The van der Waals surface area contributed by atoms with E-state index in [1.54, 1.807) is 97.1 Å². The highest BCUT2D eigenvalue weighted by Gasteiger charge is 2.43. The second kappa shape index (κ2) is 10.8. The topological polar surface area (TPSA) is 74.6 Å². The first-order chi connectivity index (χ1) is 16.5. The van der Waals surface area contributed by atoms with Crippen molar-refractivity contribution in [2.24, 2.45) is 0 Å². The van der Waals surface area contributed by atoms with Crippen molar-refractivity contribution in [2.75, 3.05) is 0 Å². The number of rotatable bonds is 9. The number of carbonyl (C=O) groups excluding carboxylic acids is 1. The smallest absolute Gasteiger partial charge is 0.173 e. The summed E-state index contributed by atoms with van der Waals surface area (Å²) in [6, 6.07) is 35.4. The van der Waals surface area contributed by atoms with Crippen molar-refractivity contribution >= 4 is 23.5 Å². The summed E-state index contributed by atoms with van der Waals surface area (Å²) in [7, 11) is -3.56. The second-order valence-corrected chi connectivity index (χ2v) is 11.2. The molecular formula is C29H27O4P. The van der Waals surface area contributed by atoms with E-state index in [-0.39, 0.29) is 12.2 Å². The van der Waals surface area contributed by atoms with Crippen LogP contribution in [0.2, 0.25) is 0 Å². The molecule has 0 fully saturated rings. The van der Waals surface area contributed by atoms with Gasteiger partial charge in [0.1, 0.15) is 6.10 Å². The number of carbonyl (C=O) groups is 1. The third-order valence-electron chi connectivity index (χ3n) is 6.05. The molecule has 0 bridgehead atoms. The predicted molar refractivity (Wildman–Crippen MR) is 136 cm³/mol. The third-order valence-corrected chi connectivity index (χ3v) is 9.50. The van der Waals surface area contributed by atoms with Crippen LogP contribution in [0.1, 0.15) is 28.4 Å². The Balaban J connectivity index is 1.83. The summed E-state index contributed by atoms with van der Waals surface area (Å²) in [5.74, 6) is -0.323. The van der Waals surface area contributed by atoms with Gasteiger partial charge in [0, 0.05) is 16.2 Å². The van der Waals surface area contributed by atoms with Crippen LogP contribution in [0.15, 0.2) is 121 Å². The molecule has 5 heteroatoms. The molecule has 34 heavy (non-hydrogen) atoms. The maximum absolute atomic E-state index is 15.0. The first kappa shape index (κ1) is 23.8. The molecule has 0 amide bonds. The monoisotopic (exact) mass is 470 g/mol. The van der Waals surface area contributed by atoms with Gasteiger partial charge in [0.2, 0.25) is 0 Å². The second-order valence-electron chi connectivity index (χ2n) is 8.23. The normalized spacial score (nSPS) is 14.2. The highest BCUT2D eigenvalue weighted by molar-refractivity contribution is 7.80. The van der Waals surface area contributed by atoms with E-state index in [1.807, 2.05) is 24.3 Å². The number of benzene rings is 4. The first-order valence-corrected chi connectivity index (χ1v) is 13.0. The lowest BCUT2D eigenvalue weighted by Crippen LogP contribution is -2.36. The fourth-order valence-corrected chi connectivity index (χ4v) is 7.49. The van der Waals surface area contributed by atoms with Gasteiger partial charge in [-0.2, -0.15) is 0 Å². The summed E-state index contributed by atoms with van der Waals surface area (Å²) in [5.41, 5.74) is -0.107. The molecule has 172 valence electrons. The van der Waals surface area contributed by atoms with E-state index < -0.39 is 25.0 Å². The minimum Gasteiger partial charge on any atom is -0.390 e. The van der Waals surface area contributed by atoms with Crippen molar-refractivity contribution in [3.8, 4) is 0 Å². The van der Waals surface area contributed by atoms with Gasteiger partial charge in [0.15, 0.2) is 12.9 Å². The average molecular weight is 471 g/mol. The molecule has 4 rings (SSSR count). The van der Waals surface area contributed by atoms with Crippen molar-refractivity contribution < 1.29 is 19.6 Å². The summed E-state index contributed by atoms with van der Waals surface area (Å²) in [4.78, 5) is 13.9. The molecule has 0 aliphatic heterocycles. The van der Waals surface area contributed by atoms with Crippen LogP contribution in [0.25, 0.3) is 0 Å². The molecule has 0 aromatic heterocycles. The summed E-state index contributed by atoms with van der Waals surface area (Å²) < 4.78 is 15.0. The molecule has 4 aromatic carbocycles. The number of aliphatic hydroxyl groups is 2. The third kappa shape index (κ3) is 4.95. The van der Waals surface area contributed by atoms with Crippen molar-refractivity contribution in [1.82, 2.24) is 0 Å². The fourth-order valence-electron chi connectivity index (χ4n) is 4.25. The summed E-state index contributed by atoms with van der Waals surface area (Å²) in [5, 5.41) is 23.0. The van der Waals surface area contributed by atoms with Crippen LogP contribution in [0, 0.1) is 0 Å². The zero-order valence-electron chi connectivity index (χ0n) is 18.6. The highest BCUT2D eigenvalue weighted by Crippen LogP contribution is 2.52. The van der Waals surface area contributed by atoms with Crippen LogP contribution in [0.3, 0.4) is 0 Å². The Kier molecular flexibility index (Phi) is 7.54. The lowest BCUT2D eigenvalue weighted by molar-refractivity contribution is 0.0132. The molecule has 0 saturated carbocycles. The average Bonchev–Trinajstić information content (AvgIpc) is 2.92. The van der Waals surface area contributed by atoms with Crippen LogP contribution >= 0.6 is 7.14 Å². The first-order valence-electron chi connectivity index (χ1n) is 11.2. The molecular weight excluding hydrogens is 443 g/mol. The Hall–Kier alpha value is -3.30. The zero-order chi connectivity index (χ0) is 24.0. The van der Waals surface area contributed by atoms with Gasteiger partial charge in [-0.1, -0.05) is 121 Å². The van der Waals surface area contributed by atoms with Crippen molar-refractivity contribution in [1.29, 1.82) is 0 Å². The number of ketones is 1. The molecule has 0 radical (unpaired) electrons. The Bertz CT molecular complexity index is 1200. The van der Waals surface area contributed by atoms with E-state index in [0.29, 0.717) is 21.7 Å². The van der Waals surface area contributed by atoms with E-state index >= 15 is 4.57 Å². The minimum absolute atomic E-state index is 0.162. The summed E-state index contributed by atoms with van der Waals surface area (Å²) in [6.45, 7) is 0. The van der Waals surface area contributed by atoms with Crippen LogP contribution in [-0.2, 0) is 4.57 Å². The highest BCUT2D eigenvalue weighted by atomic mass is 31.2. The molecule has 4 aromatic rings. The molecule has 2 N–H and O–H groups in total. The van der Waals surface area contributed by atoms with Gasteiger partial charge in [-0.15, -0.1) is 0 Å². The van der Waals surface area contributed by atoms with E-state index in [4.69, 9.17) is 0 Å². The zero-order valence-corrected chi connectivity index (χ0v) is 19.5. The van der Waals surface area contributed by atoms with E-state index in [9.17, 15) is 15.0 Å². The molecule has 1 unspecified atom stereocenters. The minimum atomic E-state index is -3.56. The van der Waals surface area contributed by atoms with Gasteiger partial charge in [0.05, 0.1) is 11.8 Å². The lowest BCUT2D eigenvalue weighted by atomic mass is 9.97. The Morgan fingerprint density at radius 2 is 1.06 bits per heavy atom. The van der Waals surface area contributed by atoms with Crippen LogP contribution < -0.4 is 10.6 Å². The van der Waals surface area contributed by atoms with Crippen LogP contribution in [0.5, 0.6) is 0 Å². The van der Waals surface area contributed by atoms with Gasteiger partial charge in [0.25, 0.3) is 0 Å². The Morgan fingerprint density at radius 3 is 1.53 bits per heavy atom. The molecule has 0 aliphatic rings. The molecule has 0 aliphatic carbocycles. The van der Waals surface area contributed by atoms with Crippen molar-refractivity contribution in [3.05, 3.63) is 132 Å². The lowest BCUT2D eigenvalue weighted by Gasteiger charge is -2.31. The fraction of sp³-hybridized carbons (Fsp3) is 0.138. The predicted octanol–water partition coefficient (Wildman–Crippen LogP) is 4.74. The standard InChI is InChI=1S/C29H27O4P/c30-26(28(31)22-13-5-1-6-14-22)21-27(29(32)23-15-7-2-8-16-23)34(33,24-17-9-3-10-18-24)25-19-11-4-12-20-25/h1-20,26-28,30-31H,21H2/t26-,27?,28-/m1/s1.